The minimum Gasteiger partial charge on any atom is -0.512 e. The van der Waals surface area contributed by atoms with Crippen LogP contribution in [0.2, 0.25) is 0 Å². The summed E-state index contributed by atoms with van der Waals surface area (Å²) in [4.78, 5) is 16.8. The summed E-state index contributed by atoms with van der Waals surface area (Å²) in [5.74, 6) is 0.547. The van der Waals surface area contributed by atoms with Crippen molar-refractivity contribution in [3.63, 3.8) is 0 Å². The zero-order valence-electron chi connectivity index (χ0n) is 27.1. The molecule has 0 bridgehead atoms. The molecule has 0 aliphatic carbocycles. The molecular formula is C42H42IrNO2-. The first kappa shape index (κ1) is 34.8. The van der Waals surface area contributed by atoms with Crippen LogP contribution in [0.3, 0.4) is 0 Å². The van der Waals surface area contributed by atoms with Gasteiger partial charge >= 0.3 is 0 Å². The number of aliphatic hydroxyl groups is 1. The summed E-state index contributed by atoms with van der Waals surface area (Å²) >= 11 is 0. The number of fused-ring (bicyclic) bond motifs is 4. The second-order valence-corrected chi connectivity index (χ2v) is 11.5. The monoisotopic (exact) mass is 785 g/mol. The molecule has 0 amide bonds. The number of ketones is 1. The molecule has 3 nitrogen and oxygen atoms in total. The van der Waals surface area contributed by atoms with Gasteiger partial charge in [0.2, 0.25) is 0 Å². The number of allylic oxidation sites excluding steroid dienone is 2. The van der Waals surface area contributed by atoms with Gasteiger partial charge in [0.05, 0.1) is 11.3 Å². The molecule has 237 valence electrons. The molecule has 0 spiro atoms. The van der Waals surface area contributed by atoms with Crippen LogP contribution in [0.1, 0.15) is 53.4 Å². The minimum absolute atomic E-state index is 0. The van der Waals surface area contributed by atoms with Crippen LogP contribution in [-0.2, 0) is 24.9 Å². The Morgan fingerprint density at radius 3 is 1.89 bits per heavy atom. The molecule has 1 N–H and O–H groups in total. The summed E-state index contributed by atoms with van der Waals surface area (Å²) in [6.07, 6.45) is 4.91. The van der Waals surface area contributed by atoms with Crippen LogP contribution >= 0.6 is 0 Å². The summed E-state index contributed by atoms with van der Waals surface area (Å²) in [7, 11) is 0. The predicted molar refractivity (Wildman–Crippen MR) is 190 cm³/mol. The van der Waals surface area contributed by atoms with Crippen LogP contribution < -0.4 is 0 Å². The van der Waals surface area contributed by atoms with Crippen molar-refractivity contribution >= 4 is 38.2 Å². The molecule has 46 heavy (non-hydrogen) atoms. The summed E-state index contributed by atoms with van der Waals surface area (Å²) in [6, 6.07) is 41.8. The SMILES string of the molecule is CCC(CC)C(=O)/C=C(\O)C(CC)CC.[Ir].[c-]1c(-c2cc(-c3ccccc3)c3ccccc3n2)c2ccccc2c2ccccc12. The van der Waals surface area contributed by atoms with Gasteiger partial charge in [0.1, 0.15) is 0 Å². The number of nitrogens with zero attached hydrogens (tertiary/aromatic N) is 1. The van der Waals surface area contributed by atoms with E-state index >= 15 is 0 Å². The number of rotatable bonds is 9. The molecule has 0 aliphatic heterocycles. The summed E-state index contributed by atoms with van der Waals surface area (Å²) < 4.78 is 0. The fraction of sp³-hybridized carbons (Fsp3) is 0.238. The molecule has 0 saturated carbocycles. The standard InChI is InChI=1S/C29H18N.C13H24O2.Ir/c1-2-10-20(11-3-1)26-19-29(30-28-17-9-8-16-25(26)28)27-18-21-12-4-5-13-22(21)23-14-6-7-15-24(23)27;1-5-10(6-2)12(14)9-13(15)11(7-3)8-4;/h1-17,19H;9-11,14H,5-8H2,1-4H3;/q-1;;/b;12-9-;. The summed E-state index contributed by atoms with van der Waals surface area (Å²) in [5, 5.41) is 15.7. The minimum atomic E-state index is 0. The predicted octanol–water partition coefficient (Wildman–Crippen LogP) is 11.5. The zero-order valence-corrected chi connectivity index (χ0v) is 29.5. The molecule has 1 heterocycles. The number of pyridine rings is 1. The largest absolute Gasteiger partial charge is 0.512 e. The maximum absolute atomic E-state index is 11.7. The van der Waals surface area contributed by atoms with Crippen LogP contribution in [-0.4, -0.2) is 15.9 Å². The maximum Gasteiger partial charge on any atom is 0.162 e. The van der Waals surface area contributed by atoms with E-state index in [1.165, 1.54) is 33.4 Å². The van der Waals surface area contributed by atoms with E-state index in [1.807, 2.05) is 27.7 Å². The van der Waals surface area contributed by atoms with E-state index in [-0.39, 0.29) is 43.5 Å². The first-order chi connectivity index (χ1) is 22.0. The molecule has 4 heteroatoms. The van der Waals surface area contributed by atoms with Crippen LogP contribution in [0.5, 0.6) is 0 Å². The summed E-state index contributed by atoms with van der Waals surface area (Å²) in [5.41, 5.74) is 5.39. The van der Waals surface area contributed by atoms with E-state index in [1.54, 1.807) is 0 Å². The molecule has 0 saturated heterocycles. The van der Waals surface area contributed by atoms with Gasteiger partial charge in [-0.2, -0.15) is 0 Å². The van der Waals surface area contributed by atoms with Gasteiger partial charge < -0.3 is 5.11 Å². The van der Waals surface area contributed by atoms with E-state index in [0.29, 0.717) is 0 Å². The van der Waals surface area contributed by atoms with Gasteiger partial charge in [0, 0.05) is 49.1 Å². The van der Waals surface area contributed by atoms with Crippen molar-refractivity contribution in [3.8, 4) is 22.4 Å². The van der Waals surface area contributed by atoms with Crippen LogP contribution in [0.25, 0.3) is 54.8 Å². The first-order valence-electron chi connectivity index (χ1n) is 16.2. The summed E-state index contributed by atoms with van der Waals surface area (Å²) in [6.45, 7) is 8.07. The smallest absolute Gasteiger partial charge is 0.162 e. The number of para-hydroxylation sites is 1. The Morgan fingerprint density at radius 1 is 0.696 bits per heavy atom. The Kier molecular flexibility index (Phi) is 12.4. The molecule has 0 atom stereocenters. The van der Waals surface area contributed by atoms with E-state index in [2.05, 4.69) is 115 Å². The third kappa shape index (κ3) is 7.64. The van der Waals surface area contributed by atoms with Crippen molar-refractivity contribution in [2.45, 2.75) is 53.4 Å². The van der Waals surface area contributed by atoms with Crippen molar-refractivity contribution in [1.29, 1.82) is 0 Å². The number of carbonyl (C=O) groups excluding carboxylic acids is 1. The van der Waals surface area contributed by atoms with Crippen LogP contribution in [0.4, 0.5) is 0 Å². The molecule has 0 unspecified atom stereocenters. The van der Waals surface area contributed by atoms with E-state index in [4.69, 9.17) is 4.98 Å². The molecule has 6 aromatic rings. The van der Waals surface area contributed by atoms with Gasteiger partial charge in [-0.05, 0) is 42.9 Å². The van der Waals surface area contributed by atoms with E-state index < -0.39 is 0 Å². The van der Waals surface area contributed by atoms with Gasteiger partial charge in [-0.3, -0.25) is 9.78 Å². The molecule has 1 radical (unpaired) electrons. The Balaban J connectivity index is 0.000000259. The number of aliphatic hydroxyl groups excluding tert-OH is 1. The van der Waals surface area contributed by atoms with Crippen molar-refractivity contribution in [1.82, 2.24) is 4.98 Å². The van der Waals surface area contributed by atoms with Gasteiger partial charge in [0.25, 0.3) is 0 Å². The van der Waals surface area contributed by atoms with Crippen molar-refractivity contribution < 1.29 is 30.0 Å². The molecular weight excluding hydrogens is 743 g/mol. The quantitative estimate of drug-likeness (QED) is 0.0687. The number of benzene rings is 5. The maximum atomic E-state index is 11.7. The van der Waals surface area contributed by atoms with Gasteiger partial charge in [0.15, 0.2) is 5.78 Å². The van der Waals surface area contributed by atoms with Crippen LogP contribution in [0.15, 0.2) is 121 Å². The second-order valence-electron chi connectivity index (χ2n) is 11.5. The third-order valence-corrected chi connectivity index (χ3v) is 8.81. The normalized spacial score (nSPS) is 11.5. The average Bonchev–Trinajstić information content (AvgIpc) is 3.09. The number of hydrogen-bond acceptors (Lipinski definition) is 3. The van der Waals surface area contributed by atoms with E-state index in [0.717, 1.165) is 53.2 Å². The van der Waals surface area contributed by atoms with Gasteiger partial charge in [-0.1, -0.05) is 146 Å². The Bertz CT molecular complexity index is 1940. The Morgan fingerprint density at radius 2 is 1.24 bits per heavy atom. The molecule has 5 aromatic carbocycles. The second kappa shape index (κ2) is 16.5. The molecule has 0 aliphatic rings. The molecule has 6 rings (SSSR count). The first-order valence-corrected chi connectivity index (χ1v) is 16.2. The Labute approximate surface area is 286 Å². The fourth-order valence-corrected chi connectivity index (χ4v) is 6.11. The molecule has 0 fully saturated rings. The van der Waals surface area contributed by atoms with Crippen LogP contribution in [0, 0.1) is 17.9 Å². The number of aromatic nitrogens is 1. The van der Waals surface area contributed by atoms with E-state index in [9.17, 15) is 9.90 Å². The van der Waals surface area contributed by atoms with Gasteiger partial charge in [-0.15, -0.1) is 17.5 Å². The number of hydrogen-bond donors (Lipinski definition) is 1. The number of carbonyl (C=O) groups is 1. The zero-order chi connectivity index (χ0) is 31.8. The van der Waals surface area contributed by atoms with Crippen molar-refractivity contribution in [2.75, 3.05) is 0 Å². The molecule has 1 aromatic heterocycles. The third-order valence-electron chi connectivity index (χ3n) is 8.81. The topological polar surface area (TPSA) is 50.2 Å². The average molecular weight is 785 g/mol. The van der Waals surface area contributed by atoms with Gasteiger partial charge in [-0.25, -0.2) is 0 Å². The fourth-order valence-electron chi connectivity index (χ4n) is 6.11. The van der Waals surface area contributed by atoms with Crippen molar-refractivity contribution in [3.05, 3.63) is 127 Å². The Hall–Kier alpha value is -4.11. The van der Waals surface area contributed by atoms with Crippen molar-refractivity contribution in [2.24, 2.45) is 11.8 Å².